The SMILES string of the molecule is C[C@@H]1CCCN(S(=O)(=O)c2ccc(C(=O)N3CCN(c4ccc(C(F)(F)F)cn4)CC3)cc2)C1. The van der Waals surface area contributed by atoms with Crippen molar-refractivity contribution in [1.29, 1.82) is 0 Å². The lowest BCUT2D eigenvalue weighted by Crippen LogP contribution is -2.49. The van der Waals surface area contributed by atoms with E-state index in [0.29, 0.717) is 56.6 Å². The van der Waals surface area contributed by atoms with Gasteiger partial charge in [-0.25, -0.2) is 13.4 Å². The monoisotopic (exact) mass is 496 g/mol. The van der Waals surface area contributed by atoms with Crippen molar-refractivity contribution in [3.05, 3.63) is 53.7 Å². The van der Waals surface area contributed by atoms with Gasteiger partial charge in [0.1, 0.15) is 5.82 Å². The smallest absolute Gasteiger partial charge is 0.353 e. The van der Waals surface area contributed by atoms with E-state index in [0.717, 1.165) is 25.1 Å². The van der Waals surface area contributed by atoms with E-state index in [-0.39, 0.29) is 10.8 Å². The first-order valence-electron chi connectivity index (χ1n) is 11.2. The first-order chi connectivity index (χ1) is 16.1. The van der Waals surface area contributed by atoms with E-state index in [9.17, 15) is 26.4 Å². The number of piperazine rings is 1. The summed E-state index contributed by atoms with van der Waals surface area (Å²) in [5, 5.41) is 0. The summed E-state index contributed by atoms with van der Waals surface area (Å²) in [6.07, 6.45) is -1.77. The van der Waals surface area contributed by atoms with E-state index in [1.54, 1.807) is 4.90 Å². The number of rotatable bonds is 4. The molecule has 0 saturated carbocycles. The number of anilines is 1. The van der Waals surface area contributed by atoms with Gasteiger partial charge in [-0.05, 0) is 55.2 Å². The number of alkyl halides is 3. The molecule has 0 aliphatic carbocycles. The molecule has 34 heavy (non-hydrogen) atoms. The van der Waals surface area contributed by atoms with Crippen molar-refractivity contribution in [2.24, 2.45) is 5.92 Å². The standard InChI is InChI=1S/C23H27F3N4O3S/c1-17-3-2-10-30(16-17)34(32,33)20-7-4-18(5-8-20)22(31)29-13-11-28(12-14-29)21-9-6-19(15-27-21)23(24,25)26/h4-9,15,17H,2-3,10-14,16H2,1H3/t17-/m1/s1. The second-order valence-corrected chi connectivity index (χ2v) is 10.8. The van der Waals surface area contributed by atoms with Crippen LogP contribution in [0.1, 0.15) is 35.7 Å². The van der Waals surface area contributed by atoms with E-state index in [4.69, 9.17) is 0 Å². The normalized spacial score (nSPS) is 20.4. The highest BCUT2D eigenvalue weighted by atomic mass is 32.2. The molecule has 0 spiro atoms. The van der Waals surface area contributed by atoms with Crippen LogP contribution >= 0.6 is 0 Å². The van der Waals surface area contributed by atoms with Crippen molar-refractivity contribution in [2.75, 3.05) is 44.2 Å². The third-order valence-electron chi connectivity index (χ3n) is 6.32. The number of carbonyl (C=O) groups is 1. The van der Waals surface area contributed by atoms with Gasteiger partial charge in [0.25, 0.3) is 5.91 Å². The molecule has 0 unspecified atom stereocenters. The molecule has 1 aromatic heterocycles. The molecule has 2 aromatic rings. The summed E-state index contributed by atoms with van der Waals surface area (Å²) in [6.45, 7) is 4.68. The fourth-order valence-electron chi connectivity index (χ4n) is 4.35. The first kappa shape index (κ1) is 24.5. The van der Waals surface area contributed by atoms with Crippen molar-refractivity contribution >= 4 is 21.7 Å². The van der Waals surface area contributed by atoms with Gasteiger partial charge >= 0.3 is 6.18 Å². The molecule has 11 heteroatoms. The number of piperidine rings is 1. The quantitative estimate of drug-likeness (QED) is 0.648. The molecule has 1 aromatic carbocycles. The third-order valence-corrected chi connectivity index (χ3v) is 8.20. The molecule has 0 bridgehead atoms. The summed E-state index contributed by atoms with van der Waals surface area (Å²) in [4.78, 5) is 20.5. The van der Waals surface area contributed by atoms with Crippen molar-refractivity contribution in [2.45, 2.75) is 30.8 Å². The number of pyridine rings is 1. The molecule has 2 saturated heterocycles. The summed E-state index contributed by atoms with van der Waals surface area (Å²) in [7, 11) is -3.59. The second kappa shape index (κ2) is 9.53. The number of nitrogens with zero attached hydrogens (tertiary/aromatic N) is 4. The van der Waals surface area contributed by atoms with Gasteiger partial charge in [0.05, 0.1) is 10.5 Å². The van der Waals surface area contributed by atoms with Crippen LogP contribution in [0.4, 0.5) is 19.0 Å². The van der Waals surface area contributed by atoms with Gasteiger partial charge in [0.15, 0.2) is 0 Å². The van der Waals surface area contributed by atoms with Gasteiger partial charge in [-0.1, -0.05) is 6.92 Å². The number of hydrogen-bond donors (Lipinski definition) is 0. The molecule has 7 nitrogen and oxygen atoms in total. The molecule has 2 fully saturated rings. The van der Waals surface area contributed by atoms with Gasteiger partial charge in [-0.2, -0.15) is 17.5 Å². The maximum absolute atomic E-state index is 12.9. The molecule has 2 aliphatic heterocycles. The molecule has 3 heterocycles. The van der Waals surface area contributed by atoms with Crippen LogP contribution in [-0.2, 0) is 16.2 Å². The number of aromatic nitrogens is 1. The summed E-state index contributed by atoms with van der Waals surface area (Å²) in [5.41, 5.74) is -0.405. The predicted octanol–water partition coefficient (Wildman–Crippen LogP) is 3.48. The van der Waals surface area contributed by atoms with Crippen LogP contribution in [0.3, 0.4) is 0 Å². The molecule has 0 radical (unpaired) electrons. The summed E-state index contributed by atoms with van der Waals surface area (Å²) >= 11 is 0. The Bertz CT molecular complexity index is 1110. The maximum atomic E-state index is 12.9. The number of amides is 1. The molecule has 2 aliphatic rings. The number of benzene rings is 1. The molecule has 4 rings (SSSR count). The Balaban J connectivity index is 1.37. The fourth-order valence-corrected chi connectivity index (χ4v) is 5.94. The molecular weight excluding hydrogens is 469 g/mol. The van der Waals surface area contributed by atoms with Gasteiger partial charge < -0.3 is 9.80 Å². The Morgan fingerprint density at radius 2 is 1.68 bits per heavy atom. The summed E-state index contributed by atoms with van der Waals surface area (Å²) in [5.74, 6) is 0.540. The Kier molecular flexibility index (Phi) is 6.86. The molecular formula is C23H27F3N4O3S. The van der Waals surface area contributed by atoms with Crippen LogP contribution in [-0.4, -0.2) is 67.8 Å². The second-order valence-electron chi connectivity index (χ2n) is 8.82. The van der Waals surface area contributed by atoms with E-state index in [1.807, 2.05) is 11.8 Å². The van der Waals surface area contributed by atoms with Crippen molar-refractivity contribution < 1.29 is 26.4 Å². The predicted molar refractivity (Wildman–Crippen MR) is 121 cm³/mol. The van der Waals surface area contributed by atoms with Crippen LogP contribution < -0.4 is 4.90 Å². The minimum Gasteiger partial charge on any atom is -0.353 e. The Labute approximate surface area is 197 Å². The van der Waals surface area contributed by atoms with Crippen LogP contribution in [0, 0.1) is 5.92 Å². The number of hydrogen-bond acceptors (Lipinski definition) is 5. The van der Waals surface area contributed by atoms with E-state index in [1.165, 1.54) is 34.6 Å². The summed E-state index contributed by atoms with van der Waals surface area (Å²) < 4.78 is 65.5. The van der Waals surface area contributed by atoms with Gasteiger partial charge in [-0.15, -0.1) is 0 Å². The molecule has 184 valence electrons. The minimum atomic E-state index is -4.43. The van der Waals surface area contributed by atoms with Crippen LogP contribution in [0.2, 0.25) is 0 Å². The Morgan fingerprint density at radius 3 is 2.24 bits per heavy atom. The average molecular weight is 497 g/mol. The van der Waals surface area contributed by atoms with E-state index in [2.05, 4.69) is 4.98 Å². The zero-order valence-electron chi connectivity index (χ0n) is 18.8. The van der Waals surface area contributed by atoms with Crippen molar-refractivity contribution in [3.63, 3.8) is 0 Å². The fraction of sp³-hybridized carbons (Fsp3) is 0.478. The third kappa shape index (κ3) is 5.20. The average Bonchev–Trinajstić information content (AvgIpc) is 2.83. The molecule has 1 amide bonds. The lowest BCUT2D eigenvalue weighted by molar-refractivity contribution is -0.137. The van der Waals surface area contributed by atoms with Crippen LogP contribution in [0.25, 0.3) is 0 Å². The van der Waals surface area contributed by atoms with Crippen LogP contribution in [0.15, 0.2) is 47.5 Å². The highest BCUT2D eigenvalue weighted by Gasteiger charge is 2.32. The largest absolute Gasteiger partial charge is 0.417 e. The Hall–Kier alpha value is -2.66. The zero-order chi connectivity index (χ0) is 24.5. The lowest BCUT2D eigenvalue weighted by atomic mass is 10.0. The highest BCUT2D eigenvalue weighted by molar-refractivity contribution is 7.89. The first-order valence-corrected chi connectivity index (χ1v) is 12.7. The Morgan fingerprint density at radius 1 is 1.00 bits per heavy atom. The van der Waals surface area contributed by atoms with Gasteiger partial charge in [-0.3, -0.25) is 4.79 Å². The van der Waals surface area contributed by atoms with Gasteiger partial charge in [0.2, 0.25) is 10.0 Å². The van der Waals surface area contributed by atoms with Crippen LogP contribution in [0.5, 0.6) is 0 Å². The number of halogens is 3. The maximum Gasteiger partial charge on any atom is 0.417 e. The summed E-state index contributed by atoms with van der Waals surface area (Å²) in [6, 6.07) is 8.36. The van der Waals surface area contributed by atoms with Gasteiger partial charge in [0, 0.05) is 51.0 Å². The van der Waals surface area contributed by atoms with Crippen molar-refractivity contribution in [1.82, 2.24) is 14.2 Å². The topological polar surface area (TPSA) is 73.8 Å². The molecule has 1 atom stereocenters. The van der Waals surface area contributed by atoms with E-state index >= 15 is 0 Å². The zero-order valence-corrected chi connectivity index (χ0v) is 19.6. The number of sulfonamides is 1. The number of carbonyl (C=O) groups excluding carboxylic acids is 1. The minimum absolute atomic E-state index is 0.177. The highest BCUT2D eigenvalue weighted by Crippen LogP contribution is 2.29. The van der Waals surface area contributed by atoms with Crippen molar-refractivity contribution in [3.8, 4) is 0 Å². The van der Waals surface area contributed by atoms with E-state index < -0.39 is 21.8 Å². The molecule has 0 N–H and O–H groups in total. The lowest BCUT2D eigenvalue weighted by Gasteiger charge is -2.35.